The Morgan fingerprint density at radius 2 is 1.71 bits per heavy atom. The van der Waals surface area contributed by atoms with Crippen LogP contribution in [0.4, 0.5) is 0 Å². The molecule has 0 aliphatic heterocycles. The molecule has 17 heavy (non-hydrogen) atoms. The van der Waals surface area contributed by atoms with Crippen molar-refractivity contribution in [2.75, 3.05) is 0 Å². The first kappa shape index (κ1) is 13.4. The monoisotopic (exact) mass is 234 g/mol. The molecular formula is C14H18O3. The van der Waals surface area contributed by atoms with Crippen LogP contribution >= 0.6 is 0 Å². The number of carbonyl (C=O) groups excluding carboxylic acids is 2. The highest BCUT2D eigenvalue weighted by molar-refractivity contribution is 5.90. The summed E-state index contributed by atoms with van der Waals surface area (Å²) in [6.45, 7) is 5.13. The number of ketones is 1. The van der Waals surface area contributed by atoms with E-state index in [1.807, 2.05) is 18.2 Å². The Balaban J connectivity index is 3.11. The van der Waals surface area contributed by atoms with Crippen molar-refractivity contribution in [2.45, 2.75) is 39.2 Å². The van der Waals surface area contributed by atoms with Crippen LogP contribution < -0.4 is 0 Å². The van der Waals surface area contributed by atoms with Gasteiger partial charge >= 0.3 is 5.97 Å². The maximum Gasteiger partial charge on any atom is 0.306 e. The van der Waals surface area contributed by atoms with Crippen LogP contribution in [0, 0.1) is 0 Å². The second kappa shape index (κ2) is 5.62. The molecule has 0 spiro atoms. The van der Waals surface area contributed by atoms with Gasteiger partial charge in [0, 0.05) is 18.4 Å². The lowest BCUT2D eigenvalue weighted by Crippen LogP contribution is -2.37. The van der Waals surface area contributed by atoms with Gasteiger partial charge in [-0.15, -0.1) is 0 Å². The van der Waals surface area contributed by atoms with Crippen LogP contribution in [-0.4, -0.2) is 11.8 Å². The molecular weight excluding hydrogens is 216 g/mol. The molecule has 0 fully saturated rings. The van der Waals surface area contributed by atoms with E-state index in [0.29, 0.717) is 12.0 Å². The second-order valence-electron chi connectivity index (χ2n) is 4.00. The maximum absolute atomic E-state index is 12.0. The van der Waals surface area contributed by atoms with Crippen LogP contribution in [0.5, 0.6) is 0 Å². The third-order valence-corrected chi connectivity index (χ3v) is 2.78. The van der Waals surface area contributed by atoms with Gasteiger partial charge in [0.1, 0.15) is 0 Å². The first-order valence-electron chi connectivity index (χ1n) is 5.85. The lowest BCUT2D eigenvalue weighted by molar-refractivity contribution is -0.166. The standard InChI is InChI=1S/C14H18O3/c1-4-12(15)14(3,17-13(16)5-2)11-9-7-6-8-10-11/h6-10H,4-5H2,1-3H3. The summed E-state index contributed by atoms with van der Waals surface area (Å²) in [5, 5.41) is 0. The van der Waals surface area contributed by atoms with Crippen LogP contribution in [0.3, 0.4) is 0 Å². The van der Waals surface area contributed by atoms with E-state index in [1.165, 1.54) is 0 Å². The van der Waals surface area contributed by atoms with Crippen molar-refractivity contribution in [1.29, 1.82) is 0 Å². The third kappa shape index (κ3) is 2.93. The van der Waals surface area contributed by atoms with Crippen molar-refractivity contribution >= 4 is 11.8 Å². The minimum atomic E-state index is -1.16. The number of hydrogen-bond acceptors (Lipinski definition) is 3. The maximum atomic E-state index is 12.0. The Kier molecular flexibility index (Phi) is 4.44. The Morgan fingerprint density at radius 1 is 1.12 bits per heavy atom. The van der Waals surface area contributed by atoms with Gasteiger partial charge in [-0.3, -0.25) is 9.59 Å². The van der Waals surface area contributed by atoms with Gasteiger partial charge in [-0.25, -0.2) is 0 Å². The summed E-state index contributed by atoms with van der Waals surface area (Å²) in [5.74, 6) is -0.455. The van der Waals surface area contributed by atoms with Crippen molar-refractivity contribution in [3.63, 3.8) is 0 Å². The zero-order chi connectivity index (χ0) is 12.9. The number of rotatable bonds is 5. The normalized spacial score (nSPS) is 13.8. The molecule has 1 atom stereocenters. The molecule has 0 N–H and O–H groups in total. The highest BCUT2D eigenvalue weighted by atomic mass is 16.6. The minimum Gasteiger partial charge on any atom is -0.446 e. The molecule has 1 rings (SSSR count). The molecule has 0 heterocycles. The number of Topliss-reactive ketones (excluding diaryl/α,β-unsaturated/α-hetero) is 1. The molecule has 0 aliphatic carbocycles. The first-order valence-corrected chi connectivity index (χ1v) is 5.85. The van der Waals surface area contributed by atoms with Crippen molar-refractivity contribution < 1.29 is 14.3 Å². The number of ether oxygens (including phenoxy) is 1. The second-order valence-corrected chi connectivity index (χ2v) is 4.00. The number of benzene rings is 1. The molecule has 0 amide bonds. The molecule has 3 nitrogen and oxygen atoms in total. The van der Waals surface area contributed by atoms with Gasteiger partial charge in [0.05, 0.1) is 0 Å². The number of carbonyl (C=O) groups is 2. The zero-order valence-electron chi connectivity index (χ0n) is 10.5. The summed E-state index contributed by atoms with van der Waals surface area (Å²) in [7, 11) is 0. The molecule has 0 aromatic heterocycles. The van der Waals surface area contributed by atoms with Gasteiger partial charge in [0.15, 0.2) is 11.4 Å². The van der Waals surface area contributed by atoms with Gasteiger partial charge < -0.3 is 4.74 Å². The van der Waals surface area contributed by atoms with Gasteiger partial charge in [-0.05, 0) is 6.92 Å². The van der Waals surface area contributed by atoms with Gasteiger partial charge in [-0.1, -0.05) is 44.2 Å². The van der Waals surface area contributed by atoms with E-state index in [4.69, 9.17) is 4.74 Å². The molecule has 3 heteroatoms. The summed E-state index contributed by atoms with van der Waals surface area (Å²) >= 11 is 0. The number of hydrogen-bond donors (Lipinski definition) is 0. The summed E-state index contributed by atoms with van der Waals surface area (Å²) in [6.07, 6.45) is 0.599. The lowest BCUT2D eigenvalue weighted by atomic mass is 9.90. The molecule has 0 radical (unpaired) electrons. The van der Waals surface area contributed by atoms with Crippen molar-refractivity contribution in [3.05, 3.63) is 35.9 Å². The molecule has 0 saturated carbocycles. The van der Waals surface area contributed by atoms with E-state index in [0.717, 1.165) is 0 Å². The summed E-state index contributed by atoms with van der Waals surface area (Å²) < 4.78 is 5.34. The number of esters is 1. The van der Waals surface area contributed by atoms with Gasteiger partial charge in [0.25, 0.3) is 0 Å². The quantitative estimate of drug-likeness (QED) is 0.736. The fraction of sp³-hybridized carbons (Fsp3) is 0.429. The predicted molar refractivity (Wildman–Crippen MR) is 65.5 cm³/mol. The van der Waals surface area contributed by atoms with E-state index in [-0.39, 0.29) is 18.2 Å². The van der Waals surface area contributed by atoms with Crippen molar-refractivity contribution in [3.8, 4) is 0 Å². The molecule has 1 aromatic rings. The van der Waals surface area contributed by atoms with E-state index in [1.54, 1.807) is 32.9 Å². The molecule has 0 aliphatic rings. The van der Waals surface area contributed by atoms with Crippen molar-refractivity contribution in [2.24, 2.45) is 0 Å². The Bertz CT molecular complexity index is 397. The van der Waals surface area contributed by atoms with Crippen LogP contribution in [0.25, 0.3) is 0 Å². The molecule has 1 aromatic carbocycles. The van der Waals surface area contributed by atoms with Crippen LogP contribution in [-0.2, 0) is 19.9 Å². The lowest BCUT2D eigenvalue weighted by Gasteiger charge is -2.28. The van der Waals surface area contributed by atoms with Crippen LogP contribution in [0.2, 0.25) is 0 Å². The van der Waals surface area contributed by atoms with Gasteiger partial charge in [0.2, 0.25) is 0 Å². The van der Waals surface area contributed by atoms with E-state index in [2.05, 4.69) is 0 Å². The summed E-state index contributed by atoms with van der Waals surface area (Å²) in [5.41, 5.74) is -0.447. The van der Waals surface area contributed by atoms with Crippen LogP contribution in [0.15, 0.2) is 30.3 Å². The largest absolute Gasteiger partial charge is 0.446 e. The molecule has 1 unspecified atom stereocenters. The van der Waals surface area contributed by atoms with Crippen molar-refractivity contribution in [1.82, 2.24) is 0 Å². The van der Waals surface area contributed by atoms with E-state index >= 15 is 0 Å². The minimum absolute atomic E-state index is 0.0921. The molecule has 0 saturated heterocycles. The average Bonchev–Trinajstić information content (AvgIpc) is 2.38. The smallest absolute Gasteiger partial charge is 0.306 e. The van der Waals surface area contributed by atoms with Gasteiger partial charge in [-0.2, -0.15) is 0 Å². The molecule has 0 bridgehead atoms. The van der Waals surface area contributed by atoms with E-state index in [9.17, 15) is 9.59 Å². The highest BCUT2D eigenvalue weighted by Gasteiger charge is 2.37. The summed E-state index contributed by atoms with van der Waals surface area (Å²) in [4.78, 5) is 23.5. The van der Waals surface area contributed by atoms with E-state index < -0.39 is 5.60 Å². The fourth-order valence-electron chi connectivity index (χ4n) is 1.67. The Labute approximate surface area is 102 Å². The fourth-order valence-corrected chi connectivity index (χ4v) is 1.67. The Hall–Kier alpha value is -1.64. The predicted octanol–water partition coefficient (Wildman–Crippen LogP) is 2.83. The Morgan fingerprint density at radius 3 is 2.18 bits per heavy atom. The highest BCUT2D eigenvalue weighted by Crippen LogP contribution is 2.28. The zero-order valence-corrected chi connectivity index (χ0v) is 10.5. The third-order valence-electron chi connectivity index (χ3n) is 2.78. The SMILES string of the molecule is CCC(=O)OC(C)(C(=O)CC)c1ccccc1. The topological polar surface area (TPSA) is 43.4 Å². The van der Waals surface area contributed by atoms with Crippen LogP contribution in [0.1, 0.15) is 39.2 Å². The average molecular weight is 234 g/mol. The summed E-state index contributed by atoms with van der Waals surface area (Å²) in [6, 6.07) is 9.13. The first-order chi connectivity index (χ1) is 8.04. The molecule has 92 valence electrons.